The summed E-state index contributed by atoms with van der Waals surface area (Å²) in [6.45, 7) is 1.54. The quantitative estimate of drug-likeness (QED) is 0.428. The Morgan fingerprint density at radius 3 is 2.66 bits per heavy atom. The summed E-state index contributed by atoms with van der Waals surface area (Å²) < 4.78 is 19.3. The minimum atomic E-state index is -1.33. The van der Waals surface area contributed by atoms with E-state index in [1.807, 2.05) is 30.3 Å². The van der Waals surface area contributed by atoms with Gasteiger partial charge in [-0.2, -0.15) is 5.10 Å². The number of aliphatic hydroxyl groups is 1. The number of hydrogen-bond acceptors (Lipinski definition) is 9. The minimum absolute atomic E-state index is 0.0345. The third kappa shape index (κ3) is 5.37. The number of benzene rings is 1. The summed E-state index contributed by atoms with van der Waals surface area (Å²) in [5.74, 6) is -0.223. The Kier molecular flexibility index (Phi) is 7.62. The Bertz CT molecular complexity index is 1270. The molecule has 0 amide bonds. The van der Waals surface area contributed by atoms with E-state index in [2.05, 4.69) is 10.1 Å². The molecule has 0 radical (unpaired) electrons. The molecule has 1 saturated carbocycles. The first-order chi connectivity index (χ1) is 18.3. The second-order valence-electron chi connectivity index (χ2n) is 10.4. The van der Waals surface area contributed by atoms with E-state index in [-0.39, 0.29) is 24.8 Å². The highest BCUT2D eigenvalue weighted by molar-refractivity contribution is 5.73. The number of carbonyl (C=O) groups excluding carboxylic acids is 2. The maximum absolute atomic E-state index is 12.9. The summed E-state index contributed by atoms with van der Waals surface area (Å²) in [5.41, 5.74) is 6.52. The number of nitrogens with zero attached hydrogens (tertiary/aromatic N) is 3. The Morgan fingerprint density at radius 2 is 1.89 bits per heavy atom. The Labute approximate surface area is 221 Å². The second-order valence-corrected chi connectivity index (χ2v) is 10.4. The number of aliphatic hydroxyl groups excluding tert-OH is 1. The van der Waals surface area contributed by atoms with Crippen LogP contribution in [0.4, 0.5) is 5.82 Å². The zero-order chi connectivity index (χ0) is 26.7. The van der Waals surface area contributed by atoms with Gasteiger partial charge in [-0.15, -0.1) is 0 Å². The molecular weight excluding hydrogens is 488 g/mol. The Morgan fingerprint density at radius 1 is 1.13 bits per heavy atom. The molecule has 3 heterocycles. The van der Waals surface area contributed by atoms with Crippen molar-refractivity contribution in [3.8, 4) is 0 Å². The van der Waals surface area contributed by atoms with E-state index < -0.39 is 29.9 Å². The van der Waals surface area contributed by atoms with E-state index in [9.17, 15) is 14.7 Å². The van der Waals surface area contributed by atoms with Crippen LogP contribution in [0.25, 0.3) is 5.52 Å². The molecule has 10 heteroatoms. The zero-order valence-electron chi connectivity index (χ0n) is 21.5. The maximum atomic E-state index is 12.9. The predicted octanol–water partition coefficient (Wildman–Crippen LogP) is 2.95. The molecule has 1 aliphatic carbocycles. The second kappa shape index (κ2) is 11.1. The van der Waals surface area contributed by atoms with Crippen LogP contribution in [-0.2, 0) is 35.8 Å². The lowest BCUT2D eigenvalue weighted by Gasteiger charge is -2.27. The highest BCUT2D eigenvalue weighted by atomic mass is 16.6. The molecule has 0 unspecified atom stereocenters. The number of fused-ring (bicyclic) bond motifs is 1. The predicted molar refractivity (Wildman–Crippen MR) is 138 cm³/mol. The molecule has 3 aromatic rings. The van der Waals surface area contributed by atoms with Crippen molar-refractivity contribution >= 4 is 23.3 Å². The molecule has 1 aliphatic heterocycles. The van der Waals surface area contributed by atoms with Crippen molar-refractivity contribution in [2.75, 3.05) is 12.3 Å². The van der Waals surface area contributed by atoms with E-state index in [0.29, 0.717) is 23.5 Å². The summed E-state index contributed by atoms with van der Waals surface area (Å²) in [6, 6.07) is 12.7. The molecule has 0 bridgehead atoms. The third-order valence-corrected chi connectivity index (χ3v) is 7.68. The van der Waals surface area contributed by atoms with Crippen LogP contribution >= 0.6 is 0 Å². The Balaban J connectivity index is 1.35. The number of ether oxygens (including phenoxy) is 3. The van der Waals surface area contributed by atoms with Crippen molar-refractivity contribution in [2.45, 2.75) is 75.8 Å². The lowest BCUT2D eigenvalue weighted by atomic mass is 9.87. The first-order valence-electron chi connectivity index (χ1n) is 13.2. The zero-order valence-corrected chi connectivity index (χ0v) is 21.5. The number of aromatic nitrogens is 3. The van der Waals surface area contributed by atoms with E-state index in [4.69, 9.17) is 19.9 Å². The lowest BCUT2D eigenvalue weighted by molar-refractivity contribution is -0.160. The fourth-order valence-electron chi connectivity index (χ4n) is 5.59. The van der Waals surface area contributed by atoms with Crippen molar-refractivity contribution in [3.63, 3.8) is 0 Å². The fraction of sp³-hybridized carbons (Fsp3) is 0.500. The molecular formula is C28H34N4O6. The van der Waals surface area contributed by atoms with E-state index in [1.165, 1.54) is 12.7 Å². The number of nitrogen functional groups attached to an aromatic ring is 1. The highest BCUT2D eigenvalue weighted by Crippen LogP contribution is 2.42. The summed E-state index contributed by atoms with van der Waals surface area (Å²) in [5, 5.41) is 15.8. The molecule has 1 saturated heterocycles. The normalized spacial score (nSPS) is 25.9. The van der Waals surface area contributed by atoms with Gasteiger partial charge in [-0.25, -0.2) is 9.50 Å². The summed E-state index contributed by atoms with van der Waals surface area (Å²) in [4.78, 5) is 29.5. The fourth-order valence-corrected chi connectivity index (χ4v) is 5.59. The standard InChI is InChI=1S/C28H34N4O6/c1-28(22-13-12-20-27(29)30-17-31-32(20)22)26(35)25(37-24(34)15-19-10-6-3-7-11-19)21(38-28)16-36-23(33)14-18-8-4-2-5-9-18/h3,6-7,10-13,17-18,21,25-26,35H,2,4-5,8-9,14-16H2,1H3,(H2,29,30,31)/t21-,25-,26-,28+/m1/s1. The average Bonchev–Trinajstić information content (AvgIpc) is 3.46. The Hall–Kier alpha value is -3.50. The van der Waals surface area contributed by atoms with Crippen LogP contribution in [-0.4, -0.2) is 56.6 Å². The molecule has 202 valence electrons. The van der Waals surface area contributed by atoms with Gasteiger partial charge >= 0.3 is 11.9 Å². The molecule has 2 aliphatic rings. The molecule has 5 rings (SSSR count). The average molecular weight is 523 g/mol. The topological polar surface area (TPSA) is 138 Å². The van der Waals surface area contributed by atoms with Crippen LogP contribution < -0.4 is 5.73 Å². The van der Waals surface area contributed by atoms with Gasteiger partial charge < -0.3 is 25.1 Å². The lowest BCUT2D eigenvalue weighted by Crippen LogP contribution is -2.42. The van der Waals surface area contributed by atoms with E-state index in [0.717, 1.165) is 31.2 Å². The molecule has 3 N–H and O–H groups in total. The number of esters is 2. The molecule has 38 heavy (non-hydrogen) atoms. The minimum Gasteiger partial charge on any atom is -0.463 e. The molecule has 1 aromatic carbocycles. The smallest absolute Gasteiger partial charge is 0.310 e. The van der Waals surface area contributed by atoms with Crippen molar-refractivity contribution in [1.82, 2.24) is 14.6 Å². The third-order valence-electron chi connectivity index (χ3n) is 7.68. The van der Waals surface area contributed by atoms with Crippen molar-refractivity contribution in [2.24, 2.45) is 5.92 Å². The van der Waals surface area contributed by atoms with Crippen LogP contribution in [0.1, 0.15) is 56.7 Å². The van der Waals surface area contributed by atoms with Crippen LogP contribution in [0, 0.1) is 5.92 Å². The van der Waals surface area contributed by atoms with Crippen LogP contribution in [0.3, 0.4) is 0 Å². The van der Waals surface area contributed by atoms with Crippen molar-refractivity contribution < 1.29 is 28.9 Å². The number of carbonyl (C=O) groups is 2. The molecule has 2 fully saturated rings. The molecule has 0 spiro atoms. The largest absolute Gasteiger partial charge is 0.463 e. The first kappa shape index (κ1) is 26.1. The van der Waals surface area contributed by atoms with Gasteiger partial charge in [0, 0.05) is 6.42 Å². The highest BCUT2D eigenvalue weighted by Gasteiger charge is 2.56. The van der Waals surface area contributed by atoms with Gasteiger partial charge in [0.05, 0.1) is 12.1 Å². The summed E-state index contributed by atoms with van der Waals surface area (Å²) in [6.07, 6.45) is 4.02. The van der Waals surface area contributed by atoms with Gasteiger partial charge in [0.2, 0.25) is 0 Å². The van der Waals surface area contributed by atoms with Crippen LogP contribution in [0.5, 0.6) is 0 Å². The van der Waals surface area contributed by atoms with Crippen LogP contribution in [0.2, 0.25) is 0 Å². The van der Waals surface area contributed by atoms with E-state index in [1.54, 1.807) is 23.6 Å². The van der Waals surface area contributed by atoms with Gasteiger partial charge in [0.25, 0.3) is 0 Å². The molecule has 10 nitrogen and oxygen atoms in total. The van der Waals surface area contributed by atoms with Gasteiger partial charge in [0.1, 0.15) is 36.3 Å². The number of hydrogen-bond donors (Lipinski definition) is 2. The van der Waals surface area contributed by atoms with Crippen molar-refractivity contribution in [1.29, 1.82) is 0 Å². The van der Waals surface area contributed by atoms with Gasteiger partial charge in [-0.1, -0.05) is 49.6 Å². The SMILES string of the molecule is C[C@@]1(c2ccc3c(N)ncnn23)O[C@H](COC(=O)CC2CCCCC2)[C@@H](OC(=O)Cc2ccccc2)[C@H]1O. The summed E-state index contributed by atoms with van der Waals surface area (Å²) in [7, 11) is 0. The summed E-state index contributed by atoms with van der Waals surface area (Å²) >= 11 is 0. The first-order valence-corrected chi connectivity index (χ1v) is 13.2. The van der Waals surface area contributed by atoms with Gasteiger partial charge in [0.15, 0.2) is 11.9 Å². The molecule has 2 aromatic heterocycles. The molecule has 4 atom stereocenters. The van der Waals surface area contributed by atoms with E-state index >= 15 is 0 Å². The van der Waals surface area contributed by atoms with Crippen LogP contribution in [0.15, 0.2) is 48.8 Å². The van der Waals surface area contributed by atoms with Crippen molar-refractivity contribution in [3.05, 3.63) is 60.0 Å². The van der Waals surface area contributed by atoms with Gasteiger partial charge in [-0.3, -0.25) is 9.59 Å². The number of anilines is 1. The monoisotopic (exact) mass is 522 g/mol. The maximum Gasteiger partial charge on any atom is 0.310 e. The number of rotatable bonds is 8. The van der Waals surface area contributed by atoms with Gasteiger partial charge in [-0.05, 0) is 43.4 Å². The number of nitrogens with two attached hydrogens (primary N) is 1.